The standard InChI is InChI=1S/C43H54N2O6S/c1-4-24-49-43-40(52-5-2)27-38(45-50-28-31-15-7-6-8-16-31)36-25-32(17-9-11-22-46)35(19-10-12-23-47)41(42(36)43)37-26-34(20-21-39(37)51-43)48-29-33-18-13-14-30(3)44-33/h4,6-8,13-16,18,20-21,25-26,32,35,40-42,46-47H,1,5,9-12,17,19,22-24,27-29H2,2-3H3/t32-,35+,40-,41+,42+,43+/m0/s1. The molecule has 8 nitrogen and oxygen atoms in total. The molecule has 0 radical (unpaired) electrons. The smallest absolute Gasteiger partial charge is 0.230 e. The van der Waals surface area contributed by atoms with Gasteiger partial charge in [0.15, 0.2) is 0 Å². The summed E-state index contributed by atoms with van der Waals surface area (Å²) >= 11 is 1.84. The van der Waals surface area contributed by atoms with Gasteiger partial charge in [-0.15, -0.1) is 6.58 Å². The van der Waals surface area contributed by atoms with Crippen LogP contribution < -0.4 is 9.47 Å². The summed E-state index contributed by atoms with van der Waals surface area (Å²) in [7, 11) is 0. The maximum absolute atomic E-state index is 9.85. The molecule has 2 aromatic carbocycles. The highest BCUT2D eigenvalue weighted by Crippen LogP contribution is 2.62. The number of rotatable bonds is 19. The quantitative estimate of drug-likeness (QED) is 0.0720. The summed E-state index contributed by atoms with van der Waals surface area (Å²) in [5.41, 5.74) is 6.08. The molecule has 9 heteroatoms. The zero-order valence-corrected chi connectivity index (χ0v) is 31.4. The second-order valence-electron chi connectivity index (χ2n) is 14.0. The molecule has 0 spiro atoms. The van der Waals surface area contributed by atoms with Crippen molar-refractivity contribution in [3.05, 3.63) is 114 Å². The number of hydrogen-bond donors (Lipinski definition) is 2. The fourth-order valence-electron chi connectivity index (χ4n) is 8.36. The molecule has 0 amide bonds. The summed E-state index contributed by atoms with van der Waals surface area (Å²) in [6, 6.07) is 22.3. The number of aromatic nitrogens is 1. The summed E-state index contributed by atoms with van der Waals surface area (Å²) in [5, 5.41) is 24.5. The normalized spacial score (nSPS) is 25.4. The van der Waals surface area contributed by atoms with Crippen LogP contribution >= 0.6 is 11.8 Å². The molecule has 2 aliphatic carbocycles. The average Bonchev–Trinajstić information content (AvgIpc) is 3.16. The third kappa shape index (κ3) is 8.60. The lowest BCUT2D eigenvalue weighted by molar-refractivity contribution is -0.223. The van der Waals surface area contributed by atoms with Gasteiger partial charge in [0.05, 0.1) is 29.2 Å². The highest BCUT2D eigenvalue weighted by Gasteiger charge is 2.63. The number of aryl methyl sites for hydroxylation is 1. The second-order valence-corrected chi connectivity index (χ2v) is 15.5. The van der Waals surface area contributed by atoms with Crippen molar-refractivity contribution in [3.8, 4) is 11.5 Å². The van der Waals surface area contributed by atoms with Gasteiger partial charge in [-0.2, -0.15) is 11.8 Å². The topological polar surface area (TPSA) is 103 Å². The summed E-state index contributed by atoms with van der Waals surface area (Å²) < 4.78 is 20.6. The van der Waals surface area contributed by atoms with E-state index >= 15 is 0 Å². The van der Waals surface area contributed by atoms with Gasteiger partial charge in [-0.25, -0.2) is 0 Å². The summed E-state index contributed by atoms with van der Waals surface area (Å²) in [4.78, 5) is 10.8. The molecule has 2 heterocycles. The summed E-state index contributed by atoms with van der Waals surface area (Å²) in [6.07, 6.45) is 10.1. The Morgan fingerprint density at radius 3 is 2.56 bits per heavy atom. The Balaban J connectivity index is 1.47. The second kappa shape index (κ2) is 18.4. The third-order valence-corrected chi connectivity index (χ3v) is 11.8. The zero-order chi connectivity index (χ0) is 36.3. The van der Waals surface area contributed by atoms with E-state index in [1.807, 2.05) is 73.3 Å². The molecule has 52 heavy (non-hydrogen) atoms. The van der Waals surface area contributed by atoms with E-state index in [0.717, 1.165) is 89.6 Å². The van der Waals surface area contributed by atoms with Crippen LogP contribution in [0.15, 0.2) is 96.2 Å². The number of thioether (sulfide) groups is 1. The molecule has 1 aromatic heterocycles. The predicted octanol–water partition coefficient (Wildman–Crippen LogP) is 8.56. The predicted molar refractivity (Wildman–Crippen MR) is 208 cm³/mol. The molecule has 278 valence electrons. The number of ether oxygens (including phenoxy) is 3. The van der Waals surface area contributed by atoms with E-state index in [-0.39, 0.29) is 42.1 Å². The molecule has 6 atom stereocenters. The Morgan fingerprint density at radius 2 is 1.81 bits per heavy atom. The number of benzene rings is 2. The molecule has 3 aliphatic rings. The lowest BCUT2D eigenvalue weighted by atomic mass is 9.56. The molecular weight excluding hydrogens is 673 g/mol. The van der Waals surface area contributed by atoms with E-state index in [1.165, 1.54) is 0 Å². The van der Waals surface area contributed by atoms with Crippen molar-refractivity contribution in [1.82, 2.24) is 4.98 Å². The summed E-state index contributed by atoms with van der Waals surface area (Å²) in [5.74, 6) is 1.82. The average molecular weight is 727 g/mol. The van der Waals surface area contributed by atoms with E-state index < -0.39 is 5.79 Å². The van der Waals surface area contributed by atoms with Crippen molar-refractivity contribution in [2.24, 2.45) is 22.9 Å². The Labute approximate surface area is 313 Å². The minimum absolute atomic E-state index is 0.0200. The van der Waals surface area contributed by atoms with Gasteiger partial charge >= 0.3 is 0 Å². The summed E-state index contributed by atoms with van der Waals surface area (Å²) in [6.45, 7) is 9.62. The molecule has 0 unspecified atom stereocenters. The van der Waals surface area contributed by atoms with Gasteiger partial charge in [0.2, 0.25) is 5.79 Å². The van der Waals surface area contributed by atoms with E-state index in [1.54, 1.807) is 0 Å². The minimum Gasteiger partial charge on any atom is -0.487 e. The van der Waals surface area contributed by atoms with Crippen LogP contribution in [0.2, 0.25) is 0 Å². The number of oxime groups is 1. The third-order valence-electron chi connectivity index (χ3n) is 10.6. The number of aliphatic hydroxyl groups excluding tert-OH is 2. The Bertz CT molecular complexity index is 1680. The van der Waals surface area contributed by atoms with Gasteiger partial charge in [0.25, 0.3) is 0 Å². The van der Waals surface area contributed by atoms with E-state index in [9.17, 15) is 10.2 Å². The number of unbranched alkanes of at least 4 members (excludes halogenated alkanes) is 2. The molecule has 1 saturated carbocycles. The first kappa shape index (κ1) is 38.1. The van der Waals surface area contributed by atoms with Gasteiger partial charge < -0.3 is 29.3 Å². The van der Waals surface area contributed by atoms with Crippen molar-refractivity contribution in [2.75, 3.05) is 25.6 Å². The molecule has 2 N–H and O–H groups in total. The van der Waals surface area contributed by atoms with Gasteiger partial charge in [-0.1, -0.05) is 73.5 Å². The maximum atomic E-state index is 9.85. The van der Waals surface area contributed by atoms with Crippen molar-refractivity contribution >= 4 is 17.5 Å². The van der Waals surface area contributed by atoms with Crippen LogP contribution in [0.1, 0.15) is 80.3 Å². The highest BCUT2D eigenvalue weighted by atomic mass is 32.2. The highest BCUT2D eigenvalue weighted by molar-refractivity contribution is 8.00. The first-order valence-corrected chi connectivity index (χ1v) is 20.0. The molecule has 1 aliphatic heterocycles. The SMILES string of the molecule is C=CCO[C@@]12Oc3ccc(OCc4cccc(C)n4)cc3[C@H]3[C@H](CCCCO)[C@@H](CCCCO)C=C(C(=NOCc4ccccc4)C[C@@H]1SCC)[C@H]32. The fourth-order valence-corrected chi connectivity index (χ4v) is 9.54. The van der Waals surface area contributed by atoms with Gasteiger partial charge in [0.1, 0.15) is 24.7 Å². The Hall–Kier alpha value is -3.63. The van der Waals surface area contributed by atoms with Crippen LogP contribution in [-0.2, 0) is 22.8 Å². The zero-order valence-electron chi connectivity index (χ0n) is 30.6. The molecule has 1 fully saturated rings. The van der Waals surface area contributed by atoms with Gasteiger partial charge in [-0.3, -0.25) is 4.98 Å². The molecule has 0 saturated heterocycles. The Kier molecular flexibility index (Phi) is 13.5. The van der Waals surface area contributed by atoms with Crippen LogP contribution in [-0.4, -0.2) is 57.5 Å². The molecule has 0 bridgehead atoms. The number of aliphatic hydroxyl groups is 2. The fraction of sp³-hybridized carbons (Fsp3) is 0.488. The van der Waals surface area contributed by atoms with Crippen molar-refractivity contribution in [1.29, 1.82) is 0 Å². The van der Waals surface area contributed by atoms with Crippen LogP contribution in [0.3, 0.4) is 0 Å². The van der Waals surface area contributed by atoms with Crippen molar-refractivity contribution in [3.63, 3.8) is 0 Å². The van der Waals surface area contributed by atoms with Crippen molar-refractivity contribution in [2.45, 2.75) is 89.0 Å². The molecule has 6 rings (SSSR count). The van der Waals surface area contributed by atoms with E-state index in [4.69, 9.17) is 24.2 Å². The first-order chi connectivity index (χ1) is 25.5. The van der Waals surface area contributed by atoms with Crippen LogP contribution in [0.4, 0.5) is 0 Å². The van der Waals surface area contributed by atoms with Gasteiger partial charge in [0, 0.05) is 36.8 Å². The van der Waals surface area contributed by atoms with Crippen molar-refractivity contribution < 1.29 is 29.3 Å². The monoisotopic (exact) mass is 726 g/mol. The number of nitrogens with zero attached hydrogens (tertiary/aromatic N) is 2. The minimum atomic E-state index is -0.962. The van der Waals surface area contributed by atoms with Crippen LogP contribution in [0.25, 0.3) is 0 Å². The van der Waals surface area contributed by atoms with Gasteiger partial charge in [-0.05, 0) is 91.7 Å². The first-order valence-electron chi connectivity index (χ1n) is 18.9. The molecule has 3 aromatic rings. The lowest BCUT2D eigenvalue weighted by Gasteiger charge is -2.58. The van der Waals surface area contributed by atoms with Crippen LogP contribution in [0, 0.1) is 24.7 Å². The number of hydrogen-bond acceptors (Lipinski definition) is 9. The van der Waals surface area contributed by atoms with E-state index in [0.29, 0.717) is 26.2 Å². The van der Waals surface area contributed by atoms with E-state index in [2.05, 4.69) is 42.8 Å². The van der Waals surface area contributed by atoms with Crippen LogP contribution in [0.5, 0.6) is 11.5 Å². The number of allylic oxidation sites excluding steroid dienone is 1. The lowest BCUT2D eigenvalue weighted by Crippen LogP contribution is -2.64. The number of fused-ring (bicyclic) bond motifs is 2. The Morgan fingerprint density at radius 1 is 1.00 bits per heavy atom. The largest absolute Gasteiger partial charge is 0.487 e. The maximum Gasteiger partial charge on any atom is 0.230 e. The molecular formula is C43H54N2O6S. The number of pyridine rings is 1.